The van der Waals surface area contributed by atoms with Crippen LogP contribution in [-0.4, -0.2) is 0 Å². The Kier molecular flexibility index (Phi) is 3.64. The van der Waals surface area contributed by atoms with Gasteiger partial charge in [0.1, 0.15) is 0 Å². The zero-order chi connectivity index (χ0) is 11.2. The molecule has 0 spiro atoms. The predicted molar refractivity (Wildman–Crippen MR) is 69.2 cm³/mol. The molecular formula is C15H11Cl. The Balaban J connectivity index is 2.19. The van der Waals surface area contributed by atoms with E-state index in [0.29, 0.717) is 5.02 Å². The molecule has 2 rings (SSSR count). The first-order chi connectivity index (χ1) is 7.86. The van der Waals surface area contributed by atoms with Crippen molar-refractivity contribution in [2.45, 2.75) is 0 Å². The smallest absolute Gasteiger partial charge is 0.0573 e. The Bertz CT molecular complexity index is 494. The van der Waals surface area contributed by atoms with E-state index in [4.69, 9.17) is 11.6 Å². The molecule has 0 amide bonds. The largest absolute Gasteiger partial charge is 0.0860 e. The maximum absolute atomic E-state index is 6.02. The van der Waals surface area contributed by atoms with Crippen molar-refractivity contribution in [2.75, 3.05) is 0 Å². The lowest BCUT2D eigenvalue weighted by Gasteiger charge is -1.96. The summed E-state index contributed by atoms with van der Waals surface area (Å²) in [6.07, 6.45) is 12.1. The molecule has 0 aliphatic heterocycles. The molecule has 1 aromatic rings. The minimum Gasteiger partial charge on any atom is -0.0860 e. The quantitative estimate of drug-likeness (QED) is 0.587. The second-order valence-corrected chi connectivity index (χ2v) is 3.84. The third-order valence-electron chi connectivity index (χ3n) is 2.22. The number of halogens is 1. The van der Waals surface area contributed by atoms with Crippen molar-refractivity contribution >= 4 is 11.6 Å². The fraction of sp³-hybridized carbons (Fsp3) is 0.0667. The van der Waals surface area contributed by atoms with Crippen molar-refractivity contribution in [1.29, 1.82) is 0 Å². The van der Waals surface area contributed by atoms with Crippen LogP contribution in [0, 0.1) is 17.8 Å². The predicted octanol–water partition coefficient (Wildman–Crippen LogP) is 3.99. The summed E-state index contributed by atoms with van der Waals surface area (Å²) in [5.41, 5.74) is 0.878. The lowest BCUT2D eigenvalue weighted by molar-refractivity contribution is 1.12. The van der Waals surface area contributed by atoms with Crippen LogP contribution in [0.15, 0.2) is 60.7 Å². The standard InChI is InChI=1S/C15H11Cl/c16-15-10-6-5-9-14(15)12-11-13-7-3-1-2-4-8-13/h1-10,13H. The molecule has 0 bridgehead atoms. The van der Waals surface area contributed by atoms with E-state index >= 15 is 0 Å². The molecule has 0 N–H and O–H groups in total. The zero-order valence-corrected chi connectivity index (χ0v) is 9.48. The Morgan fingerprint density at radius 3 is 2.31 bits per heavy atom. The average molecular weight is 227 g/mol. The van der Waals surface area contributed by atoms with Gasteiger partial charge >= 0.3 is 0 Å². The summed E-state index contributed by atoms with van der Waals surface area (Å²) in [7, 11) is 0. The molecular weight excluding hydrogens is 216 g/mol. The number of hydrogen-bond donors (Lipinski definition) is 0. The summed E-state index contributed by atoms with van der Waals surface area (Å²) in [6.45, 7) is 0. The molecule has 1 aliphatic rings. The monoisotopic (exact) mass is 226 g/mol. The minimum atomic E-state index is 0.159. The van der Waals surface area contributed by atoms with E-state index in [9.17, 15) is 0 Å². The summed E-state index contributed by atoms with van der Waals surface area (Å²) in [5, 5.41) is 0.703. The Labute approximate surface area is 101 Å². The number of benzene rings is 1. The van der Waals surface area contributed by atoms with Crippen molar-refractivity contribution in [2.24, 2.45) is 5.92 Å². The van der Waals surface area contributed by atoms with Crippen LogP contribution in [0.2, 0.25) is 5.02 Å². The van der Waals surface area contributed by atoms with Gasteiger partial charge in [0, 0.05) is 5.56 Å². The molecule has 0 unspecified atom stereocenters. The molecule has 0 saturated heterocycles. The Morgan fingerprint density at radius 2 is 1.62 bits per heavy atom. The average Bonchev–Trinajstić information content (AvgIpc) is 2.56. The van der Waals surface area contributed by atoms with E-state index in [2.05, 4.69) is 24.0 Å². The van der Waals surface area contributed by atoms with Gasteiger partial charge in [0.15, 0.2) is 0 Å². The highest BCUT2D eigenvalue weighted by Crippen LogP contribution is 2.13. The van der Waals surface area contributed by atoms with Crippen molar-refractivity contribution in [3.05, 3.63) is 71.3 Å². The molecule has 0 saturated carbocycles. The number of hydrogen-bond acceptors (Lipinski definition) is 0. The van der Waals surface area contributed by atoms with Crippen LogP contribution in [0.25, 0.3) is 0 Å². The number of rotatable bonds is 0. The van der Waals surface area contributed by atoms with Crippen LogP contribution in [0.1, 0.15) is 5.56 Å². The first-order valence-corrected chi connectivity index (χ1v) is 5.52. The summed E-state index contributed by atoms with van der Waals surface area (Å²) in [5.74, 6) is 6.43. The summed E-state index contributed by atoms with van der Waals surface area (Å²) >= 11 is 6.02. The van der Waals surface area contributed by atoms with Crippen molar-refractivity contribution in [3.8, 4) is 11.8 Å². The van der Waals surface area contributed by atoms with Gasteiger partial charge in [-0.2, -0.15) is 0 Å². The van der Waals surface area contributed by atoms with E-state index < -0.39 is 0 Å². The number of allylic oxidation sites excluding steroid dienone is 6. The van der Waals surface area contributed by atoms with Crippen LogP contribution in [0.3, 0.4) is 0 Å². The molecule has 0 atom stereocenters. The van der Waals surface area contributed by atoms with Crippen molar-refractivity contribution in [3.63, 3.8) is 0 Å². The molecule has 0 heterocycles. The van der Waals surface area contributed by atoms with E-state index in [1.807, 2.05) is 48.6 Å². The van der Waals surface area contributed by atoms with E-state index in [-0.39, 0.29) is 5.92 Å². The van der Waals surface area contributed by atoms with Crippen molar-refractivity contribution < 1.29 is 0 Å². The first-order valence-electron chi connectivity index (χ1n) is 5.14. The Hall–Kier alpha value is -1.71. The fourth-order valence-electron chi connectivity index (χ4n) is 1.38. The summed E-state index contributed by atoms with van der Waals surface area (Å²) in [6, 6.07) is 7.63. The molecule has 0 nitrogen and oxygen atoms in total. The van der Waals surface area contributed by atoms with E-state index in [1.54, 1.807) is 0 Å². The highest BCUT2D eigenvalue weighted by Gasteiger charge is 1.96. The van der Waals surface area contributed by atoms with Gasteiger partial charge in [-0.3, -0.25) is 0 Å². The normalized spacial score (nSPS) is 14.3. The molecule has 1 aliphatic carbocycles. The molecule has 0 radical (unpaired) electrons. The first kappa shape index (κ1) is 10.8. The molecule has 78 valence electrons. The maximum Gasteiger partial charge on any atom is 0.0573 e. The lowest BCUT2D eigenvalue weighted by atomic mass is 10.1. The van der Waals surface area contributed by atoms with Gasteiger partial charge in [0.05, 0.1) is 10.9 Å². The van der Waals surface area contributed by atoms with Crippen LogP contribution >= 0.6 is 11.6 Å². The van der Waals surface area contributed by atoms with Gasteiger partial charge in [-0.25, -0.2) is 0 Å². The minimum absolute atomic E-state index is 0.159. The summed E-state index contributed by atoms with van der Waals surface area (Å²) < 4.78 is 0. The third kappa shape index (κ3) is 2.89. The van der Waals surface area contributed by atoms with Gasteiger partial charge in [-0.05, 0) is 12.1 Å². The van der Waals surface area contributed by atoms with Crippen LogP contribution in [0.4, 0.5) is 0 Å². The maximum atomic E-state index is 6.02. The van der Waals surface area contributed by atoms with Gasteiger partial charge < -0.3 is 0 Å². The SMILES string of the molecule is Clc1ccccc1C#CC1C=CC=CC=C1. The lowest BCUT2D eigenvalue weighted by Crippen LogP contribution is -1.85. The van der Waals surface area contributed by atoms with Crippen LogP contribution in [-0.2, 0) is 0 Å². The fourth-order valence-corrected chi connectivity index (χ4v) is 1.56. The van der Waals surface area contributed by atoms with Gasteiger partial charge in [0.2, 0.25) is 0 Å². The second-order valence-electron chi connectivity index (χ2n) is 3.43. The zero-order valence-electron chi connectivity index (χ0n) is 8.73. The van der Waals surface area contributed by atoms with E-state index in [0.717, 1.165) is 5.56 Å². The highest BCUT2D eigenvalue weighted by molar-refractivity contribution is 6.31. The third-order valence-corrected chi connectivity index (χ3v) is 2.55. The Morgan fingerprint density at radius 1 is 0.938 bits per heavy atom. The van der Waals surface area contributed by atoms with Crippen LogP contribution in [0.5, 0.6) is 0 Å². The van der Waals surface area contributed by atoms with Gasteiger partial charge in [0.25, 0.3) is 0 Å². The van der Waals surface area contributed by atoms with Crippen LogP contribution < -0.4 is 0 Å². The molecule has 1 aromatic carbocycles. The summed E-state index contributed by atoms with van der Waals surface area (Å²) in [4.78, 5) is 0. The highest BCUT2D eigenvalue weighted by atomic mass is 35.5. The molecule has 1 heteroatoms. The topological polar surface area (TPSA) is 0 Å². The molecule has 0 fully saturated rings. The second kappa shape index (κ2) is 5.39. The van der Waals surface area contributed by atoms with Crippen molar-refractivity contribution in [1.82, 2.24) is 0 Å². The van der Waals surface area contributed by atoms with Gasteiger partial charge in [-0.15, -0.1) is 0 Å². The van der Waals surface area contributed by atoms with E-state index in [1.165, 1.54) is 0 Å². The molecule has 0 aromatic heterocycles. The van der Waals surface area contributed by atoms with Gasteiger partial charge in [-0.1, -0.05) is 72.0 Å². The molecule has 16 heavy (non-hydrogen) atoms.